The first kappa shape index (κ1) is 14.8. The summed E-state index contributed by atoms with van der Waals surface area (Å²) < 4.78 is 5.15. The third kappa shape index (κ3) is 4.20. The highest BCUT2D eigenvalue weighted by Crippen LogP contribution is 2.28. The summed E-state index contributed by atoms with van der Waals surface area (Å²) in [5.41, 5.74) is 0.798. The van der Waals surface area contributed by atoms with Gasteiger partial charge in [-0.05, 0) is 45.4 Å². The van der Waals surface area contributed by atoms with Crippen molar-refractivity contribution in [2.24, 2.45) is 0 Å². The first-order valence-electron chi connectivity index (χ1n) is 6.25. The second-order valence-corrected chi connectivity index (χ2v) is 4.80. The number of rotatable bonds is 6. The van der Waals surface area contributed by atoms with Gasteiger partial charge in [-0.2, -0.15) is 0 Å². The van der Waals surface area contributed by atoms with Crippen LogP contribution < -0.4 is 10.1 Å². The molecule has 0 aliphatic heterocycles. The van der Waals surface area contributed by atoms with Gasteiger partial charge in [0.1, 0.15) is 11.5 Å². The van der Waals surface area contributed by atoms with Crippen LogP contribution in [0.25, 0.3) is 0 Å². The van der Waals surface area contributed by atoms with Gasteiger partial charge in [0.15, 0.2) is 0 Å². The van der Waals surface area contributed by atoms with Gasteiger partial charge in [-0.15, -0.1) is 0 Å². The maximum Gasteiger partial charge on any atom is 0.120 e. The molecule has 0 radical (unpaired) electrons. The summed E-state index contributed by atoms with van der Waals surface area (Å²) in [4.78, 5) is 0. The summed E-state index contributed by atoms with van der Waals surface area (Å²) in [7, 11) is 1.60. The highest BCUT2D eigenvalue weighted by molar-refractivity contribution is 5.41. The van der Waals surface area contributed by atoms with E-state index in [0.717, 1.165) is 11.3 Å². The highest BCUT2D eigenvalue weighted by atomic mass is 16.5. The number of phenolic OH excluding ortho intramolecular Hbond substituents is 1. The zero-order chi connectivity index (χ0) is 13.7. The number of aliphatic hydroxyl groups is 1. The molecule has 1 aromatic rings. The molecule has 4 nitrogen and oxygen atoms in total. The van der Waals surface area contributed by atoms with Crippen molar-refractivity contribution in [1.82, 2.24) is 5.32 Å². The average molecular weight is 253 g/mol. The van der Waals surface area contributed by atoms with Crippen molar-refractivity contribution in [1.29, 1.82) is 0 Å². The van der Waals surface area contributed by atoms with E-state index < -0.39 is 0 Å². The number of methoxy groups -OCH3 is 1. The topological polar surface area (TPSA) is 61.7 Å². The molecule has 18 heavy (non-hydrogen) atoms. The molecular formula is C14H23NO3. The Balaban J connectivity index is 2.73. The molecule has 0 aliphatic carbocycles. The van der Waals surface area contributed by atoms with E-state index in [2.05, 4.69) is 5.32 Å². The third-order valence-corrected chi connectivity index (χ3v) is 2.93. The van der Waals surface area contributed by atoms with E-state index in [1.807, 2.05) is 19.9 Å². The van der Waals surface area contributed by atoms with Gasteiger partial charge in [-0.25, -0.2) is 0 Å². The molecule has 1 aromatic carbocycles. The average Bonchev–Trinajstić information content (AvgIpc) is 2.28. The summed E-state index contributed by atoms with van der Waals surface area (Å²) in [5, 5.41) is 22.5. The molecule has 4 heteroatoms. The van der Waals surface area contributed by atoms with Gasteiger partial charge in [-0.3, -0.25) is 0 Å². The zero-order valence-corrected chi connectivity index (χ0v) is 11.5. The number of hydrogen-bond acceptors (Lipinski definition) is 4. The van der Waals surface area contributed by atoms with Crippen molar-refractivity contribution in [2.45, 2.75) is 45.4 Å². The van der Waals surface area contributed by atoms with Crippen LogP contribution in [0.2, 0.25) is 0 Å². The van der Waals surface area contributed by atoms with Gasteiger partial charge in [0.2, 0.25) is 0 Å². The Morgan fingerprint density at radius 2 is 1.94 bits per heavy atom. The minimum absolute atomic E-state index is 0.00569. The fourth-order valence-corrected chi connectivity index (χ4v) is 2.10. The molecule has 0 saturated carbocycles. The second kappa shape index (κ2) is 6.61. The van der Waals surface area contributed by atoms with Crippen LogP contribution in [0.15, 0.2) is 18.2 Å². The molecule has 0 bridgehead atoms. The minimum Gasteiger partial charge on any atom is -0.508 e. The molecule has 3 N–H and O–H groups in total. The maximum atomic E-state index is 9.85. The van der Waals surface area contributed by atoms with Gasteiger partial charge in [0, 0.05) is 17.6 Å². The van der Waals surface area contributed by atoms with E-state index in [-0.39, 0.29) is 23.9 Å². The molecule has 0 heterocycles. The van der Waals surface area contributed by atoms with Gasteiger partial charge >= 0.3 is 0 Å². The molecule has 3 unspecified atom stereocenters. The third-order valence-electron chi connectivity index (χ3n) is 2.93. The molecule has 0 aliphatic rings. The van der Waals surface area contributed by atoms with Crippen molar-refractivity contribution >= 4 is 0 Å². The Morgan fingerprint density at radius 3 is 2.50 bits per heavy atom. The predicted octanol–water partition coefficient (Wildman–Crippen LogP) is 2.21. The quantitative estimate of drug-likeness (QED) is 0.727. The molecule has 0 spiro atoms. The van der Waals surface area contributed by atoms with Crippen LogP contribution in [-0.4, -0.2) is 29.5 Å². The molecule has 3 atom stereocenters. The van der Waals surface area contributed by atoms with E-state index in [1.165, 1.54) is 0 Å². The number of aliphatic hydroxyl groups excluding tert-OH is 1. The predicted molar refractivity (Wildman–Crippen MR) is 72.0 cm³/mol. The van der Waals surface area contributed by atoms with Crippen molar-refractivity contribution in [3.63, 3.8) is 0 Å². The van der Waals surface area contributed by atoms with Gasteiger partial charge in [0.25, 0.3) is 0 Å². The lowest BCUT2D eigenvalue weighted by molar-refractivity contribution is 0.168. The number of benzene rings is 1. The zero-order valence-electron chi connectivity index (χ0n) is 11.5. The SMILES string of the molecule is COc1ccc(O)c(C(C)NC(C)CC(C)O)c1. The largest absolute Gasteiger partial charge is 0.508 e. The summed E-state index contributed by atoms with van der Waals surface area (Å²) >= 11 is 0. The molecule has 0 amide bonds. The van der Waals surface area contributed by atoms with Crippen molar-refractivity contribution in [3.05, 3.63) is 23.8 Å². The smallest absolute Gasteiger partial charge is 0.120 e. The Hall–Kier alpha value is -1.26. The molecule has 0 fully saturated rings. The second-order valence-electron chi connectivity index (χ2n) is 4.80. The van der Waals surface area contributed by atoms with Crippen molar-refractivity contribution in [2.75, 3.05) is 7.11 Å². The Kier molecular flexibility index (Phi) is 5.44. The van der Waals surface area contributed by atoms with Crippen LogP contribution >= 0.6 is 0 Å². The number of hydrogen-bond donors (Lipinski definition) is 3. The first-order chi connectivity index (χ1) is 8.43. The lowest BCUT2D eigenvalue weighted by Crippen LogP contribution is -2.31. The van der Waals surface area contributed by atoms with E-state index in [4.69, 9.17) is 4.74 Å². The number of ether oxygens (including phenoxy) is 1. The monoisotopic (exact) mass is 253 g/mol. The van der Waals surface area contributed by atoms with Gasteiger partial charge in [0.05, 0.1) is 13.2 Å². The van der Waals surface area contributed by atoms with E-state index >= 15 is 0 Å². The van der Waals surface area contributed by atoms with Crippen LogP contribution in [0.1, 0.15) is 38.8 Å². The standard InChI is InChI=1S/C14H23NO3/c1-9(7-10(2)16)15-11(3)13-8-12(18-4)5-6-14(13)17/h5-6,8-11,15-17H,7H2,1-4H3. The number of phenols is 1. The van der Waals surface area contributed by atoms with Crippen molar-refractivity contribution < 1.29 is 14.9 Å². The summed E-state index contributed by atoms with van der Waals surface area (Å²) in [5.74, 6) is 0.972. The van der Waals surface area contributed by atoms with E-state index in [1.54, 1.807) is 26.2 Å². The normalized spacial score (nSPS) is 16.1. The fourth-order valence-electron chi connectivity index (χ4n) is 2.10. The highest BCUT2D eigenvalue weighted by Gasteiger charge is 2.15. The lowest BCUT2D eigenvalue weighted by Gasteiger charge is -2.22. The van der Waals surface area contributed by atoms with Crippen LogP contribution in [0.4, 0.5) is 0 Å². The summed E-state index contributed by atoms with van der Waals surface area (Å²) in [6.07, 6.45) is 0.341. The molecule has 0 aromatic heterocycles. The number of nitrogens with one attached hydrogen (secondary N) is 1. The Morgan fingerprint density at radius 1 is 1.28 bits per heavy atom. The van der Waals surface area contributed by atoms with Crippen LogP contribution in [0, 0.1) is 0 Å². The molecule has 0 saturated heterocycles. The summed E-state index contributed by atoms with van der Waals surface area (Å²) in [6, 6.07) is 5.35. The van der Waals surface area contributed by atoms with Crippen molar-refractivity contribution in [3.8, 4) is 11.5 Å². The van der Waals surface area contributed by atoms with Crippen LogP contribution in [0.5, 0.6) is 11.5 Å². The molecular weight excluding hydrogens is 230 g/mol. The summed E-state index contributed by atoms with van der Waals surface area (Å²) in [6.45, 7) is 5.76. The molecule has 1 rings (SSSR count). The maximum absolute atomic E-state index is 9.85. The Labute approximate surface area is 109 Å². The first-order valence-corrected chi connectivity index (χ1v) is 6.25. The van der Waals surface area contributed by atoms with Crippen LogP contribution in [0.3, 0.4) is 0 Å². The van der Waals surface area contributed by atoms with Gasteiger partial charge < -0.3 is 20.3 Å². The fraction of sp³-hybridized carbons (Fsp3) is 0.571. The minimum atomic E-state index is -0.335. The molecule has 102 valence electrons. The lowest BCUT2D eigenvalue weighted by atomic mass is 10.0. The van der Waals surface area contributed by atoms with E-state index in [0.29, 0.717) is 6.42 Å². The van der Waals surface area contributed by atoms with Crippen LogP contribution in [-0.2, 0) is 0 Å². The van der Waals surface area contributed by atoms with E-state index in [9.17, 15) is 10.2 Å². The Bertz CT molecular complexity index is 379. The van der Waals surface area contributed by atoms with Gasteiger partial charge in [-0.1, -0.05) is 0 Å². The number of aromatic hydroxyl groups is 1.